The van der Waals surface area contributed by atoms with Crippen molar-refractivity contribution in [3.05, 3.63) is 141 Å². The van der Waals surface area contributed by atoms with E-state index in [-0.39, 0.29) is 5.41 Å². The molecule has 0 aliphatic heterocycles. The Morgan fingerprint density at radius 2 is 1.40 bits per heavy atom. The largest absolute Gasteiger partial charge is 0.455 e. The van der Waals surface area contributed by atoms with Crippen LogP contribution in [0.4, 0.5) is 0 Å². The molecule has 0 bridgehead atoms. The number of rotatable bonds is 4. The number of aryl methyl sites for hydroxylation is 1. The van der Waals surface area contributed by atoms with Crippen LogP contribution in [0.2, 0.25) is 0 Å². The van der Waals surface area contributed by atoms with Crippen molar-refractivity contribution in [2.24, 2.45) is 0 Å². The molecule has 43 heavy (non-hydrogen) atoms. The molecule has 0 spiro atoms. The maximum atomic E-state index is 6.14. The molecule has 7 rings (SSSR count). The zero-order valence-corrected chi connectivity index (χ0v) is 27.5. The molecule has 6 aromatic rings. The summed E-state index contributed by atoms with van der Waals surface area (Å²) in [6.07, 6.45) is 1.17. The molecule has 2 heteroatoms. The minimum Gasteiger partial charge on any atom is -0.455 e. The summed E-state index contributed by atoms with van der Waals surface area (Å²) in [5.41, 5.74) is 14.1. The highest BCUT2D eigenvalue weighted by molar-refractivity contribution is 9.10. The molecule has 0 radical (unpaired) electrons. The molecule has 5 aromatic carbocycles. The average molecular weight is 628 g/mol. The van der Waals surface area contributed by atoms with Crippen LogP contribution >= 0.6 is 15.9 Å². The molecular formula is C41H39BrO. The average Bonchev–Trinajstić information content (AvgIpc) is 3.50. The van der Waals surface area contributed by atoms with E-state index < -0.39 is 0 Å². The lowest BCUT2D eigenvalue weighted by Crippen LogP contribution is -2.17. The summed E-state index contributed by atoms with van der Waals surface area (Å²) in [6.45, 7) is 13.6. The van der Waals surface area contributed by atoms with E-state index in [2.05, 4.69) is 155 Å². The first-order valence-electron chi connectivity index (χ1n) is 15.3. The fourth-order valence-corrected chi connectivity index (χ4v) is 7.06. The van der Waals surface area contributed by atoms with E-state index in [0.717, 1.165) is 21.2 Å². The lowest BCUT2D eigenvalue weighted by molar-refractivity contribution is 0.670. The number of furan rings is 1. The summed E-state index contributed by atoms with van der Waals surface area (Å²) in [7, 11) is 0. The van der Waals surface area contributed by atoms with E-state index in [1.807, 2.05) is 12.1 Å². The second kappa shape index (κ2) is 11.7. The Kier molecular flexibility index (Phi) is 7.92. The molecule has 1 unspecified atom stereocenters. The van der Waals surface area contributed by atoms with Crippen molar-refractivity contribution < 1.29 is 4.42 Å². The first-order chi connectivity index (χ1) is 20.7. The predicted octanol–water partition coefficient (Wildman–Crippen LogP) is 12.7. The molecule has 0 fully saturated rings. The van der Waals surface area contributed by atoms with Crippen molar-refractivity contribution in [2.75, 3.05) is 0 Å². The van der Waals surface area contributed by atoms with E-state index >= 15 is 0 Å². The molecule has 1 heterocycles. The number of halogens is 1. The third-order valence-corrected chi connectivity index (χ3v) is 9.77. The maximum absolute atomic E-state index is 6.14. The normalized spacial score (nSPS) is 14.5. The molecule has 1 aromatic heterocycles. The van der Waals surface area contributed by atoms with Crippen molar-refractivity contribution in [1.82, 2.24) is 0 Å². The second-order valence-corrected chi connectivity index (χ2v) is 13.3. The maximum Gasteiger partial charge on any atom is 0.143 e. The molecule has 1 aliphatic rings. The zero-order chi connectivity index (χ0) is 30.3. The zero-order valence-electron chi connectivity index (χ0n) is 26.0. The summed E-state index contributed by atoms with van der Waals surface area (Å²) < 4.78 is 7.28. The van der Waals surface area contributed by atoms with E-state index in [9.17, 15) is 0 Å². The van der Waals surface area contributed by atoms with Crippen LogP contribution < -0.4 is 0 Å². The Morgan fingerprint density at radius 3 is 2.14 bits per heavy atom. The van der Waals surface area contributed by atoms with Crippen molar-refractivity contribution in [3.63, 3.8) is 0 Å². The van der Waals surface area contributed by atoms with Crippen molar-refractivity contribution in [2.45, 2.75) is 59.3 Å². The van der Waals surface area contributed by atoms with Crippen molar-refractivity contribution in [1.29, 1.82) is 0 Å². The van der Waals surface area contributed by atoms with Gasteiger partial charge in [0.2, 0.25) is 0 Å². The standard InChI is InChI=1S/C22H20O.C19H19Br/c1-3-15(2)16-11-13-17(14-12-16)18-8-6-9-20-19-7-4-5-10-21(19)23-22(18)20;1-12-9-10-14(20)11-16(12)18-13(2)15-7-5-6-8-17(15)19(18,3)4/h4-15H,3H2,1-2H3;5-11H,1-4H3. The van der Waals surface area contributed by atoms with Gasteiger partial charge in [0, 0.05) is 26.2 Å². The van der Waals surface area contributed by atoms with Crippen LogP contribution in [0.1, 0.15) is 74.8 Å². The van der Waals surface area contributed by atoms with Gasteiger partial charge in [-0.1, -0.05) is 135 Å². The topological polar surface area (TPSA) is 13.1 Å². The van der Waals surface area contributed by atoms with E-state index in [4.69, 9.17) is 4.42 Å². The molecule has 0 amide bonds. The Morgan fingerprint density at radius 1 is 0.721 bits per heavy atom. The fourth-order valence-electron chi connectivity index (χ4n) is 6.70. The highest BCUT2D eigenvalue weighted by Gasteiger charge is 2.37. The van der Waals surface area contributed by atoms with E-state index in [1.165, 1.54) is 61.7 Å². The van der Waals surface area contributed by atoms with Crippen LogP contribution in [0, 0.1) is 6.92 Å². The lowest BCUT2D eigenvalue weighted by atomic mass is 9.77. The molecule has 0 saturated carbocycles. The van der Waals surface area contributed by atoms with Crippen LogP contribution in [0.3, 0.4) is 0 Å². The second-order valence-electron chi connectivity index (χ2n) is 12.3. The van der Waals surface area contributed by atoms with Gasteiger partial charge in [-0.25, -0.2) is 0 Å². The van der Waals surface area contributed by atoms with Gasteiger partial charge < -0.3 is 4.42 Å². The summed E-state index contributed by atoms with van der Waals surface area (Å²) in [5, 5.41) is 2.37. The monoisotopic (exact) mass is 626 g/mol. The number of hydrogen-bond acceptors (Lipinski definition) is 1. The van der Waals surface area contributed by atoms with E-state index in [1.54, 1.807) is 0 Å². The Labute approximate surface area is 264 Å². The lowest BCUT2D eigenvalue weighted by Gasteiger charge is -2.26. The van der Waals surface area contributed by atoms with Crippen LogP contribution in [0.25, 0.3) is 44.2 Å². The molecule has 0 N–H and O–H groups in total. The Bertz CT molecular complexity index is 1970. The number of benzene rings is 5. The Hall–Kier alpha value is -3.88. The molecule has 216 valence electrons. The third-order valence-electron chi connectivity index (χ3n) is 9.28. The molecular weight excluding hydrogens is 588 g/mol. The molecule has 1 aliphatic carbocycles. The van der Waals surface area contributed by atoms with E-state index in [0.29, 0.717) is 5.92 Å². The number of allylic oxidation sites excluding steroid dienone is 2. The Balaban J connectivity index is 0.000000155. The van der Waals surface area contributed by atoms with Gasteiger partial charge in [0.15, 0.2) is 0 Å². The van der Waals surface area contributed by atoms with Gasteiger partial charge in [0.05, 0.1) is 0 Å². The number of hydrogen-bond donors (Lipinski definition) is 0. The van der Waals surface area contributed by atoms with Crippen LogP contribution in [-0.4, -0.2) is 0 Å². The van der Waals surface area contributed by atoms with Crippen LogP contribution in [-0.2, 0) is 5.41 Å². The molecule has 1 nitrogen and oxygen atoms in total. The predicted molar refractivity (Wildman–Crippen MR) is 189 cm³/mol. The van der Waals surface area contributed by atoms with Crippen molar-refractivity contribution in [3.8, 4) is 11.1 Å². The SMILES string of the molecule is CC1=C(c2cc(Br)ccc2C)C(C)(C)c2ccccc21.CCC(C)c1ccc(-c2cccc3c2oc2ccccc23)cc1. The minimum atomic E-state index is 0.0617. The van der Waals surface area contributed by atoms with Crippen LogP contribution in [0.5, 0.6) is 0 Å². The summed E-state index contributed by atoms with van der Waals surface area (Å²) in [5.74, 6) is 0.603. The first-order valence-corrected chi connectivity index (χ1v) is 16.1. The van der Waals surface area contributed by atoms with Gasteiger partial charge in [-0.2, -0.15) is 0 Å². The highest BCUT2D eigenvalue weighted by atomic mass is 79.9. The summed E-state index contributed by atoms with van der Waals surface area (Å²) >= 11 is 3.61. The number of fused-ring (bicyclic) bond motifs is 4. The summed E-state index contributed by atoms with van der Waals surface area (Å²) in [6, 6.07) is 38.9. The van der Waals surface area contributed by atoms with Gasteiger partial charge in [-0.05, 0) is 88.9 Å². The number of para-hydroxylation sites is 2. The van der Waals surface area contributed by atoms with Gasteiger partial charge in [-0.3, -0.25) is 0 Å². The van der Waals surface area contributed by atoms with Gasteiger partial charge in [-0.15, -0.1) is 0 Å². The van der Waals surface area contributed by atoms with Crippen molar-refractivity contribution >= 4 is 49.0 Å². The molecule has 1 atom stereocenters. The summed E-state index contributed by atoms with van der Waals surface area (Å²) in [4.78, 5) is 0. The van der Waals surface area contributed by atoms with Gasteiger partial charge in [0.1, 0.15) is 11.2 Å². The molecule has 0 saturated heterocycles. The van der Waals surface area contributed by atoms with Gasteiger partial charge >= 0.3 is 0 Å². The minimum absolute atomic E-state index is 0.0617. The third kappa shape index (κ3) is 5.27. The van der Waals surface area contributed by atoms with Crippen LogP contribution in [0.15, 0.2) is 118 Å². The first kappa shape index (κ1) is 29.2. The smallest absolute Gasteiger partial charge is 0.143 e. The highest BCUT2D eigenvalue weighted by Crippen LogP contribution is 2.51. The van der Waals surface area contributed by atoms with Gasteiger partial charge in [0.25, 0.3) is 0 Å². The quantitative estimate of drug-likeness (QED) is 0.190. The fraction of sp³-hybridized carbons (Fsp3) is 0.220.